The summed E-state index contributed by atoms with van der Waals surface area (Å²) in [4.78, 5) is 10.9. The van der Waals surface area contributed by atoms with Crippen molar-refractivity contribution in [1.82, 2.24) is 15.0 Å². The van der Waals surface area contributed by atoms with Crippen molar-refractivity contribution >= 4 is 5.97 Å². The van der Waals surface area contributed by atoms with Crippen molar-refractivity contribution in [1.29, 1.82) is 0 Å². The Kier molecular flexibility index (Phi) is 3.64. The van der Waals surface area contributed by atoms with E-state index in [1.54, 1.807) is 11.6 Å². The van der Waals surface area contributed by atoms with E-state index in [4.69, 9.17) is 5.11 Å². The van der Waals surface area contributed by atoms with Crippen LogP contribution < -0.4 is 0 Å². The normalized spacial score (nSPS) is 10.9. The minimum absolute atomic E-state index is 0.0128. The lowest BCUT2D eigenvalue weighted by molar-refractivity contribution is 0.0689. The first-order valence-corrected chi connectivity index (χ1v) is 6.21. The Morgan fingerprint density at radius 1 is 1.32 bits per heavy atom. The lowest BCUT2D eigenvalue weighted by Gasteiger charge is -2.07. The summed E-state index contributed by atoms with van der Waals surface area (Å²) in [6.07, 6.45) is 0. The summed E-state index contributed by atoms with van der Waals surface area (Å²) in [5.41, 5.74) is 2.94. The molecule has 0 fully saturated rings. The SMILES string of the molecule is Cc1c(C(=O)O)nnn1Cc1ccc(C(C)C)cc1. The van der Waals surface area contributed by atoms with E-state index in [0.29, 0.717) is 18.2 Å². The fraction of sp³-hybridized carbons (Fsp3) is 0.357. The zero-order chi connectivity index (χ0) is 14.0. The number of rotatable bonds is 4. The van der Waals surface area contributed by atoms with Crippen molar-refractivity contribution in [3.8, 4) is 0 Å². The van der Waals surface area contributed by atoms with Gasteiger partial charge in [-0.3, -0.25) is 0 Å². The summed E-state index contributed by atoms with van der Waals surface area (Å²) in [6.45, 7) is 6.54. The molecule has 0 amide bonds. The minimum Gasteiger partial charge on any atom is -0.476 e. The first-order chi connectivity index (χ1) is 8.99. The average molecular weight is 259 g/mol. The van der Waals surface area contributed by atoms with Gasteiger partial charge in [-0.25, -0.2) is 9.48 Å². The number of hydrogen-bond donors (Lipinski definition) is 1. The van der Waals surface area contributed by atoms with Crippen LogP contribution in [0.4, 0.5) is 0 Å². The zero-order valence-electron chi connectivity index (χ0n) is 11.3. The molecule has 0 atom stereocenters. The number of aromatic carboxylic acids is 1. The fourth-order valence-electron chi connectivity index (χ4n) is 1.89. The van der Waals surface area contributed by atoms with E-state index >= 15 is 0 Å². The van der Waals surface area contributed by atoms with Crippen LogP contribution >= 0.6 is 0 Å². The highest BCUT2D eigenvalue weighted by atomic mass is 16.4. The van der Waals surface area contributed by atoms with Gasteiger partial charge in [0.25, 0.3) is 0 Å². The van der Waals surface area contributed by atoms with Gasteiger partial charge < -0.3 is 5.11 Å². The lowest BCUT2D eigenvalue weighted by Crippen LogP contribution is -2.06. The predicted molar refractivity (Wildman–Crippen MR) is 71.4 cm³/mol. The molecule has 5 heteroatoms. The molecule has 5 nitrogen and oxygen atoms in total. The molecule has 2 aromatic rings. The standard InChI is InChI=1S/C14H17N3O2/c1-9(2)12-6-4-11(5-7-12)8-17-10(3)13(14(18)19)15-16-17/h4-7,9H,8H2,1-3H3,(H,18,19). The molecule has 1 aromatic heterocycles. The molecule has 0 radical (unpaired) electrons. The number of carbonyl (C=O) groups is 1. The second kappa shape index (κ2) is 5.22. The molecule has 0 aliphatic carbocycles. The van der Waals surface area contributed by atoms with Crippen LogP contribution in [-0.4, -0.2) is 26.1 Å². The van der Waals surface area contributed by atoms with Gasteiger partial charge in [0, 0.05) is 0 Å². The second-order valence-corrected chi connectivity index (χ2v) is 4.88. The molecular weight excluding hydrogens is 242 g/mol. The Hall–Kier alpha value is -2.17. The van der Waals surface area contributed by atoms with E-state index < -0.39 is 5.97 Å². The molecule has 0 aliphatic rings. The molecule has 0 saturated carbocycles. The molecule has 1 N–H and O–H groups in total. The maximum absolute atomic E-state index is 10.9. The lowest BCUT2D eigenvalue weighted by atomic mass is 10.0. The van der Waals surface area contributed by atoms with Crippen LogP contribution in [0.5, 0.6) is 0 Å². The van der Waals surface area contributed by atoms with Crippen LogP contribution in [0.3, 0.4) is 0 Å². The number of carboxylic acids is 1. The minimum atomic E-state index is -1.04. The quantitative estimate of drug-likeness (QED) is 0.915. The Morgan fingerprint density at radius 2 is 1.95 bits per heavy atom. The second-order valence-electron chi connectivity index (χ2n) is 4.88. The summed E-state index contributed by atoms with van der Waals surface area (Å²) in [6, 6.07) is 8.25. The largest absolute Gasteiger partial charge is 0.476 e. The van der Waals surface area contributed by atoms with E-state index in [0.717, 1.165) is 5.56 Å². The van der Waals surface area contributed by atoms with Crippen molar-refractivity contribution in [3.05, 3.63) is 46.8 Å². The molecule has 0 spiro atoms. The van der Waals surface area contributed by atoms with Crippen molar-refractivity contribution in [2.24, 2.45) is 0 Å². The van der Waals surface area contributed by atoms with Gasteiger partial charge in [0.1, 0.15) is 0 Å². The molecule has 1 aromatic carbocycles. The van der Waals surface area contributed by atoms with Crippen LogP contribution in [-0.2, 0) is 6.54 Å². The van der Waals surface area contributed by atoms with Crippen LogP contribution in [0, 0.1) is 6.92 Å². The Bertz CT molecular complexity index is 585. The highest BCUT2D eigenvalue weighted by molar-refractivity contribution is 5.86. The summed E-state index contributed by atoms with van der Waals surface area (Å²) in [7, 11) is 0. The molecule has 0 aliphatic heterocycles. The van der Waals surface area contributed by atoms with E-state index in [9.17, 15) is 4.79 Å². The zero-order valence-corrected chi connectivity index (χ0v) is 11.3. The van der Waals surface area contributed by atoms with E-state index in [1.165, 1.54) is 5.56 Å². The van der Waals surface area contributed by atoms with Crippen molar-refractivity contribution in [2.45, 2.75) is 33.2 Å². The smallest absolute Gasteiger partial charge is 0.358 e. The van der Waals surface area contributed by atoms with E-state index in [1.807, 2.05) is 12.1 Å². The van der Waals surface area contributed by atoms with Gasteiger partial charge in [0.05, 0.1) is 12.2 Å². The summed E-state index contributed by atoms with van der Waals surface area (Å²) in [5.74, 6) is -0.542. The highest BCUT2D eigenvalue weighted by Crippen LogP contribution is 2.15. The molecule has 1 heterocycles. The van der Waals surface area contributed by atoms with Gasteiger partial charge in [0.2, 0.25) is 0 Å². The summed E-state index contributed by atoms with van der Waals surface area (Å²) in [5, 5.41) is 16.5. The Labute approximate surface area is 111 Å². The molecule has 100 valence electrons. The van der Waals surface area contributed by atoms with Crippen LogP contribution in [0.15, 0.2) is 24.3 Å². The molecule has 19 heavy (non-hydrogen) atoms. The summed E-state index contributed by atoms with van der Waals surface area (Å²) < 4.78 is 1.60. The maximum atomic E-state index is 10.9. The van der Waals surface area contributed by atoms with Gasteiger partial charge >= 0.3 is 5.97 Å². The monoisotopic (exact) mass is 259 g/mol. The highest BCUT2D eigenvalue weighted by Gasteiger charge is 2.14. The number of benzene rings is 1. The third-order valence-corrected chi connectivity index (χ3v) is 3.16. The topological polar surface area (TPSA) is 68.0 Å². The molecule has 2 rings (SSSR count). The maximum Gasteiger partial charge on any atom is 0.358 e. The number of nitrogens with zero attached hydrogens (tertiary/aromatic N) is 3. The Balaban J connectivity index is 2.19. The van der Waals surface area contributed by atoms with Crippen LogP contribution in [0.1, 0.15) is 47.1 Å². The first kappa shape index (κ1) is 13.3. The third-order valence-electron chi connectivity index (χ3n) is 3.16. The third kappa shape index (κ3) is 2.81. The van der Waals surface area contributed by atoms with Gasteiger partial charge in [0.15, 0.2) is 5.69 Å². The van der Waals surface area contributed by atoms with Gasteiger partial charge in [-0.15, -0.1) is 5.10 Å². The van der Waals surface area contributed by atoms with Crippen LogP contribution in [0.25, 0.3) is 0 Å². The van der Waals surface area contributed by atoms with Crippen molar-refractivity contribution < 1.29 is 9.90 Å². The van der Waals surface area contributed by atoms with Crippen molar-refractivity contribution in [3.63, 3.8) is 0 Å². The molecule has 0 bridgehead atoms. The average Bonchev–Trinajstić information content (AvgIpc) is 2.72. The molecule has 0 saturated heterocycles. The molecular formula is C14H17N3O2. The Morgan fingerprint density at radius 3 is 2.42 bits per heavy atom. The number of carboxylic acid groups (broad SMARTS) is 1. The predicted octanol–water partition coefficient (Wildman–Crippen LogP) is 2.46. The fourth-order valence-corrected chi connectivity index (χ4v) is 1.89. The van der Waals surface area contributed by atoms with Crippen LogP contribution in [0.2, 0.25) is 0 Å². The van der Waals surface area contributed by atoms with Gasteiger partial charge in [-0.1, -0.05) is 43.3 Å². The first-order valence-electron chi connectivity index (χ1n) is 6.21. The van der Waals surface area contributed by atoms with Crippen molar-refractivity contribution in [2.75, 3.05) is 0 Å². The number of aromatic nitrogens is 3. The van der Waals surface area contributed by atoms with E-state index in [2.05, 4.69) is 36.3 Å². The molecule has 0 unspecified atom stereocenters. The number of hydrogen-bond acceptors (Lipinski definition) is 3. The van der Waals surface area contributed by atoms with Gasteiger partial charge in [-0.2, -0.15) is 0 Å². The summed E-state index contributed by atoms with van der Waals surface area (Å²) >= 11 is 0. The van der Waals surface area contributed by atoms with Gasteiger partial charge in [-0.05, 0) is 24.0 Å². The van der Waals surface area contributed by atoms with E-state index in [-0.39, 0.29) is 5.69 Å².